The minimum atomic E-state index is -0.843. The fourth-order valence-corrected chi connectivity index (χ4v) is 2.81. The standard InChI is InChI=1S/C18H18ClNO3/c19-14-7-5-12(6-8-14)16(21)10-18(22)20-15-9-13-3-1-2-4-17(13)23-11-15/h1-8,15-16,21H,9-11H2,(H,20,22). The molecule has 4 nitrogen and oxygen atoms in total. The molecular formula is C18H18ClNO3. The second-order valence-corrected chi connectivity index (χ2v) is 6.10. The van der Waals surface area contributed by atoms with Crippen LogP contribution in [0.25, 0.3) is 0 Å². The highest BCUT2D eigenvalue weighted by Crippen LogP contribution is 2.24. The van der Waals surface area contributed by atoms with Gasteiger partial charge in [0.2, 0.25) is 5.91 Å². The molecular weight excluding hydrogens is 314 g/mol. The number of fused-ring (bicyclic) bond motifs is 1. The van der Waals surface area contributed by atoms with Gasteiger partial charge in [0.25, 0.3) is 0 Å². The average Bonchev–Trinajstić information content (AvgIpc) is 2.55. The predicted octanol–water partition coefficient (Wildman–Crippen LogP) is 2.88. The molecule has 2 atom stereocenters. The number of rotatable bonds is 4. The minimum absolute atomic E-state index is 0.0137. The monoisotopic (exact) mass is 331 g/mol. The summed E-state index contributed by atoms with van der Waals surface area (Å²) in [5.74, 6) is 0.680. The maximum atomic E-state index is 12.1. The Hall–Kier alpha value is -2.04. The highest BCUT2D eigenvalue weighted by Gasteiger charge is 2.22. The summed E-state index contributed by atoms with van der Waals surface area (Å²) in [6.07, 6.45) is -0.0947. The third-order valence-electron chi connectivity index (χ3n) is 3.88. The largest absolute Gasteiger partial charge is 0.491 e. The number of amides is 1. The van der Waals surface area contributed by atoms with Gasteiger partial charge in [-0.05, 0) is 35.7 Å². The van der Waals surface area contributed by atoms with Crippen LogP contribution in [0.2, 0.25) is 5.02 Å². The van der Waals surface area contributed by atoms with E-state index in [1.165, 1.54) is 0 Å². The van der Waals surface area contributed by atoms with Crippen LogP contribution < -0.4 is 10.1 Å². The van der Waals surface area contributed by atoms with Gasteiger partial charge in [-0.1, -0.05) is 41.9 Å². The van der Waals surface area contributed by atoms with Crippen molar-refractivity contribution in [2.45, 2.75) is 25.0 Å². The van der Waals surface area contributed by atoms with Crippen LogP contribution in [0.3, 0.4) is 0 Å². The average molecular weight is 332 g/mol. The number of hydrogen-bond donors (Lipinski definition) is 2. The van der Waals surface area contributed by atoms with E-state index in [1.807, 2.05) is 24.3 Å². The summed E-state index contributed by atoms with van der Waals surface area (Å²) >= 11 is 5.82. The van der Waals surface area contributed by atoms with Gasteiger partial charge in [0, 0.05) is 5.02 Å². The Morgan fingerprint density at radius 1 is 1.26 bits per heavy atom. The molecule has 1 aliphatic heterocycles. The van der Waals surface area contributed by atoms with Crippen molar-refractivity contribution in [1.82, 2.24) is 5.32 Å². The van der Waals surface area contributed by atoms with Crippen molar-refractivity contribution < 1.29 is 14.6 Å². The zero-order valence-electron chi connectivity index (χ0n) is 12.5. The van der Waals surface area contributed by atoms with Crippen molar-refractivity contribution in [3.63, 3.8) is 0 Å². The van der Waals surface area contributed by atoms with Gasteiger partial charge >= 0.3 is 0 Å². The molecule has 0 saturated heterocycles. The Balaban J connectivity index is 1.55. The summed E-state index contributed by atoms with van der Waals surface area (Å²) in [6, 6.07) is 14.6. The Bertz CT molecular complexity index is 687. The van der Waals surface area contributed by atoms with Crippen LogP contribution in [0.4, 0.5) is 0 Å². The molecule has 0 radical (unpaired) electrons. The van der Waals surface area contributed by atoms with Gasteiger partial charge < -0.3 is 15.2 Å². The van der Waals surface area contributed by atoms with Gasteiger partial charge in [-0.3, -0.25) is 4.79 Å². The normalized spacial score (nSPS) is 17.7. The number of ether oxygens (including phenoxy) is 1. The Morgan fingerprint density at radius 2 is 2.00 bits per heavy atom. The van der Waals surface area contributed by atoms with Crippen molar-refractivity contribution in [1.29, 1.82) is 0 Å². The highest BCUT2D eigenvalue weighted by atomic mass is 35.5. The van der Waals surface area contributed by atoms with Crippen LogP contribution in [0.1, 0.15) is 23.7 Å². The fraction of sp³-hybridized carbons (Fsp3) is 0.278. The summed E-state index contributed by atoms with van der Waals surface area (Å²) in [5.41, 5.74) is 1.76. The van der Waals surface area contributed by atoms with E-state index in [-0.39, 0.29) is 18.4 Å². The molecule has 2 aromatic rings. The molecule has 2 aromatic carbocycles. The zero-order valence-corrected chi connectivity index (χ0v) is 13.3. The first-order valence-electron chi connectivity index (χ1n) is 7.55. The van der Waals surface area contributed by atoms with Crippen molar-refractivity contribution in [3.05, 3.63) is 64.7 Å². The molecule has 0 bridgehead atoms. The van der Waals surface area contributed by atoms with E-state index in [0.29, 0.717) is 17.2 Å². The first-order valence-corrected chi connectivity index (χ1v) is 7.93. The lowest BCUT2D eigenvalue weighted by Crippen LogP contribution is -2.43. The van der Waals surface area contributed by atoms with Gasteiger partial charge in [-0.25, -0.2) is 0 Å². The van der Waals surface area contributed by atoms with Crippen LogP contribution in [0.15, 0.2) is 48.5 Å². The molecule has 23 heavy (non-hydrogen) atoms. The number of aliphatic hydroxyl groups is 1. The zero-order chi connectivity index (χ0) is 16.2. The van der Waals surface area contributed by atoms with E-state index in [0.717, 1.165) is 17.7 Å². The molecule has 0 saturated carbocycles. The molecule has 2 N–H and O–H groups in total. The second kappa shape index (κ2) is 7.02. The van der Waals surface area contributed by atoms with Gasteiger partial charge in [-0.2, -0.15) is 0 Å². The molecule has 0 aromatic heterocycles. The number of hydrogen-bond acceptors (Lipinski definition) is 3. The third-order valence-corrected chi connectivity index (χ3v) is 4.13. The minimum Gasteiger partial charge on any atom is -0.491 e. The van der Waals surface area contributed by atoms with E-state index in [4.69, 9.17) is 16.3 Å². The summed E-state index contributed by atoms with van der Waals surface area (Å²) in [7, 11) is 0. The van der Waals surface area contributed by atoms with Crippen LogP contribution in [-0.2, 0) is 11.2 Å². The van der Waals surface area contributed by atoms with Crippen LogP contribution in [-0.4, -0.2) is 23.7 Å². The van der Waals surface area contributed by atoms with Gasteiger partial charge in [0.05, 0.1) is 18.6 Å². The van der Waals surface area contributed by atoms with E-state index in [9.17, 15) is 9.90 Å². The van der Waals surface area contributed by atoms with E-state index in [1.54, 1.807) is 24.3 Å². The number of carbonyl (C=O) groups is 1. The van der Waals surface area contributed by atoms with Gasteiger partial charge in [-0.15, -0.1) is 0 Å². The van der Waals surface area contributed by atoms with E-state index < -0.39 is 6.10 Å². The Labute approximate surface area is 140 Å². The first-order chi connectivity index (χ1) is 11.1. The number of nitrogens with one attached hydrogen (secondary N) is 1. The van der Waals surface area contributed by atoms with Crippen LogP contribution >= 0.6 is 11.6 Å². The molecule has 120 valence electrons. The number of benzene rings is 2. The van der Waals surface area contributed by atoms with Gasteiger partial charge in [0.15, 0.2) is 0 Å². The second-order valence-electron chi connectivity index (χ2n) is 5.66. The van der Waals surface area contributed by atoms with Crippen LogP contribution in [0, 0.1) is 0 Å². The maximum absolute atomic E-state index is 12.1. The summed E-state index contributed by atoms with van der Waals surface area (Å²) < 4.78 is 5.65. The van der Waals surface area contributed by atoms with Gasteiger partial charge in [0.1, 0.15) is 12.4 Å². The topological polar surface area (TPSA) is 58.6 Å². The Kier molecular flexibility index (Phi) is 4.84. The molecule has 1 heterocycles. The number of halogens is 1. The number of para-hydroxylation sites is 1. The molecule has 1 amide bonds. The van der Waals surface area contributed by atoms with E-state index >= 15 is 0 Å². The molecule has 3 rings (SSSR count). The molecule has 5 heteroatoms. The fourth-order valence-electron chi connectivity index (χ4n) is 2.69. The predicted molar refractivity (Wildman–Crippen MR) is 88.6 cm³/mol. The molecule has 0 spiro atoms. The highest BCUT2D eigenvalue weighted by molar-refractivity contribution is 6.30. The smallest absolute Gasteiger partial charge is 0.223 e. The first kappa shape index (κ1) is 15.8. The summed E-state index contributed by atoms with van der Waals surface area (Å²) in [5, 5.41) is 13.7. The van der Waals surface area contributed by atoms with Crippen molar-refractivity contribution in [3.8, 4) is 5.75 Å². The Morgan fingerprint density at radius 3 is 2.78 bits per heavy atom. The number of carbonyl (C=O) groups excluding carboxylic acids is 1. The van der Waals surface area contributed by atoms with E-state index in [2.05, 4.69) is 5.32 Å². The number of aliphatic hydroxyl groups excluding tert-OH is 1. The van der Waals surface area contributed by atoms with Crippen molar-refractivity contribution in [2.75, 3.05) is 6.61 Å². The van der Waals surface area contributed by atoms with Crippen molar-refractivity contribution in [2.24, 2.45) is 0 Å². The SMILES string of the molecule is O=C(CC(O)c1ccc(Cl)cc1)NC1COc2ccccc2C1. The third kappa shape index (κ3) is 4.03. The van der Waals surface area contributed by atoms with Crippen molar-refractivity contribution >= 4 is 17.5 Å². The molecule has 1 aliphatic rings. The van der Waals surface area contributed by atoms with Crippen LogP contribution in [0.5, 0.6) is 5.75 Å². The maximum Gasteiger partial charge on any atom is 0.223 e. The summed E-state index contributed by atoms with van der Waals surface area (Å²) in [6.45, 7) is 0.444. The quantitative estimate of drug-likeness (QED) is 0.905. The molecule has 2 unspecified atom stereocenters. The molecule has 0 fully saturated rings. The summed E-state index contributed by atoms with van der Waals surface area (Å²) in [4.78, 5) is 12.1. The lowest BCUT2D eigenvalue weighted by molar-refractivity contribution is -0.124. The lowest BCUT2D eigenvalue weighted by Gasteiger charge is -2.26. The molecule has 0 aliphatic carbocycles. The lowest BCUT2D eigenvalue weighted by atomic mass is 10.0.